The third kappa shape index (κ3) is 5.65. The Bertz CT molecular complexity index is 1450. The summed E-state index contributed by atoms with van der Waals surface area (Å²) in [6, 6.07) is 62.7. The second-order valence-corrected chi connectivity index (χ2v) is 15.4. The molecule has 0 radical (unpaired) electrons. The number of hydrogen-bond acceptors (Lipinski definition) is 0. The minimum atomic E-state index is -0.675. The van der Waals surface area contributed by atoms with Crippen LogP contribution in [0.15, 0.2) is 170 Å². The van der Waals surface area contributed by atoms with Gasteiger partial charge in [-0.2, -0.15) is 0 Å². The van der Waals surface area contributed by atoms with Gasteiger partial charge in [-0.05, 0) is 64.3 Å². The van der Waals surface area contributed by atoms with Crippen molar-refractivity contribution in [2.24, 2.45) is 0 Å². The van der Waals surface area contributed by atoms with Crippen molar-refractivity contribution in [2.75, 3.05) is 0 Å². The molecule has 0 aromatic heterocycles. The predicted octanol–water partition coefficient (Wildman–Crippen LogP) is 5.66. The molecule has 0 nitrogen and oxygen atoms in total. The Hall–Kier alpha value is -3.60. The van der Waals surface area contributed by atoms with E-state index in [4.69, 9.17) is 0 Å². The van der Waals surface area contributed by atoms with Crippen LogP contribution in [0.25, 0.3) is 0 Å². The Balaban J connectivity index is 1.51. The molecule has 0 aliphatic heterocycles. The van der Waals surface area contributed by atoms with Crippen molar-refractivity contribution in [3.8, 4) is 0 Å². The quantitative estimate of drug-likeness (QED) is 0.165. The summed E-state index contributed by atoms with van der Waals surface area (Å²) in [6.07, 6.45) is 0. The Kier molecular flexibility index (Phi) is 8.46. The van der Waals surface area contributed by atoms with E-state index in [1.54, 1.807) is 0 Å². The lowest BCUT2D eigenvalue weighted by atomic mass is 10.0. The van der Waals surface area contributed by atoms with Crippen molar-refractivity contribution in [3.63, 3.8) is 0 Å². The van der Waals surface area contributed by atoms with E-state index in [9.17, 15) is 0 Å². The van der Waals surface area contributed by atoms with Crippen LogP contribution in [0, 0.1) is 0 Å². The van der Waals surface area contributed by atoms with E-state index in [0.29, 0.717) is 5.54 Å². The van der Waals surface area contributed by atoms with Gasteiger partial charge in [0.15, 0.2) is 0 Å². The predicted molar refractivity (Wildman–Crippen MR) is 182 cm³/mol. The molecule has 0 aliphatic rings. The maximum absolute atomic E-state index is 2.39. The minimum absolute atomic E-state index is 0.377. The molecule has 0 atom stereocenters. The Morgan fingerprint density at radius 1 is 0.325 bits per heavy atom. The average Bonchev–Trinajstić information content (AvgIpc) is 3.04. The van der Waals surface area contributed by atoms with E-state index in [-0.39, 0.29) is 0 Å². The molecule has 40 heavy (non-hydrogen) atoms. The molecule has 0 fully saturated rings. The highest BCUT2D eigenvalue weighted by atomic mass is 31.1. The van der Waals surface area contributed by atoms with Crippen LogP contribution in [-0.2, 0) is 0 Å². The smallest absolute Gasteiger partial charge is 0.0179 e. The van der Waals surface area contributed by atoms with E-state index in [2.05, 4.69) is 170 Å². The molecular weight excluding hydrogens is 534 g/mol. The summed E-state index contributed by atoms with van der Waals surface area (Å²) in [5.74, 6) is 0. The van der Waals surface area contributed by atoms with Gasteiger partial charge >= 0.3 is 0 Å². The first-order chi connectivity index (χ1) is 19.8. The highest BCUT2D eigenvalue weighted by Crippen LogP contribution is 2.39. The Morgan fingerprint density at radius 3 is 0.875 bits per heavy atom. The molecule has 6 aromatic rings. The van der Waals surface area contributed by atoms with Crippen LogP contribution in [0.5, 0.6) is 0 Å². The van der Waals surface area contributed by atoms with E-state index in [0.717, 1.165) is 10.2 Å². The number of rotatable bonds is 8. The monoisotopic (exact) mass is 566 g/mol. The molecule has 3 heteroatoms. The molecule has 6 rings (SSSR count). The summed E-state index contributed by atoms with van der Waals surface area (Å²) in [7, 11) is -0.326. The highest BCUT2D eigenvalue weighted by molar-refractivity contribution is 7.80. The van der Waals surface area contributed by atoms with Crippen molar-refractivity contribution in [2.45, 2.75) is 5.54 Å². The van der Waals surface area contributed by atoms with Gasteiger partial charge in [0, 0.05) is 10.2 Å². The fourth-order valence-electron chi connectivity index (χ4n) is 5.44. The molecular formula is C37H32P2Si. The normalized spacial score (nSPS) is 11.4. The topological polar surface area (TPSA) is 0 Å². The van der Waals surface area contributed by atoms with Crippen molar-refractivity contribution in [1.82, 2.24) is 0 Å². The molecule has 0 unspecified atom stereocenters. The van der Waals surface area contributed by atoms with E-state index >= 15 is 0 Å². The van der Waals surface area contributed by atoms with Crippen LogP contribution < -0.4 is 31.8 Å². The standard InChI is InChI=1S/C37H32P2Si/c40-37(33-25-13-15-27-35(33)38(29-17-5-1-6-18-29)30-19-7-2-8-20-30)34-26-14-16-28-36(34)39(31-21-9-3-10-22-31)32-23-11-4-12-24-32/h1-28,37H,40H3. The average molecular weight is 567 g/mol. The van der Waals surface area contributed by atoms with Gasteiger partial charge in [-0.25, -0.2) is 0 Å². The highest BCUT2D eigenvalue weighted by Gasteiger charge is 2.26. The first kappa shape index (κ1) is 26.6. The lowest BCUT2D eigenvalue weighted by Gasteiger charge is -2.28. The zero-order valence-corrected chi connectivity index (χ0v) is 26.4. The molecule has 6 aromatic carbocycles. The van der Waals surface area contributed by atoms with Crippen LogP contribution in [0.1, 0.15) is 16.7 Å². The maximum Gasteiger partial charge on any atom is 0.0179 e. The van der Waals surface area contributed by atoms with Crippen LogP contribution in [0.4, 0.5) is 0 Å². The van der Waals surface area contributed by atoms with Crippen molar-refractivity contribution in [1.29, 1.82) is 0 Å². The molecule has 0 N–H and O–H groups in total. The number of benzene rings is 6. The fourth-order valence-corrected chi connectivity index (χ4v) is 12.1. The van der Waals surface area contributed by atoms with Gasteiger partial charge in [0.1, 0.15) is 0 Å². The Labute approximate surface area is 243 Å². The van der Waals surface area contributed by atoms with Gasteiger partial charge in [-0.15, -0.1) is 0 Å². The van der Waals surface area contributed by atoms with E-state index < -0.39 is 15.8 Å². The maximum atomic E-state index is 2.39. The largest absolute Gasteiger partial charge is 0.0622 e. The van der Waals surface area contributed by atoms with Crippen LogP contribution >= 0.6 is 15.8 Å². The Morgan fingerprint density at radius 2 is 0.575 bits per heavy atom. The van der Waals surface area contributed by atoms with E-state index in [1.165, 1.54) is 43.0 Å². The van der Waals surface area contributed by atoms with Gasteiger partial charge < -0.3 is 0 Å². The van der Waals surface area contributed by atoms with Gasteiger partial charge in [-0.1, -0.05) is 170 Å². The van der Waals surface area contributed by atoms with Gasteiger partial charge in [-0.3, -0.25) is 0 Å². The SMILES string of the molecule is [SiH3]C(c1ccccc1P(c1ccccc1)c1ccccc1)c1ccccc1P(c1ccccc1)c1ccccc1. The van der Waals surface area contributed by atoms with Crippen LogP contribution in [0.2, 0.25) is 0 Å². The fraction of sp³-hybridized carbons (Fsp3) is 0.0270. The minimum Gasteiger partial charge on any atom is -0.0622 e. The van der Waals surface area contributed by atoms with Gasteiger partial charge in [0.05, 0.1) is 0 Å². The van der Waals surface area contributed by atoms with Crippen molar-refractivity contribution < 1.29 is 0 Å². The zero-order valence-electron chi connectivity index (χ0n) is 22.6. The molecule has 0 bridgehead atoms. The molecule has 0 heterocycles. The molecule has 194 valence electrons. The van der Waals surface area contributed by atoms with E-state index in [1.807, 2.05) is 0 Å². The van der Waals surface area contributed by atoms with Gasteiger partial charge in [0.2, 0.25) is 0 Å². The second-order valence-electron chi connectivity index (χ2n) is 9.85. The molecule has 0 spiro atoms. The summed E-state index contributed by atoms with van der Waals surface area (Å²) in [5, 5.41) is 8.52. The van der Waals surface area contributed by atoms with Crippen LogP contribution in [-0.4, -0.2) is 10.2 Å². The van der Waals surface area contributed by atoms with Gasteiger partial charge in [0.25, 0.3) is 0 Å². The molecule has 0 aliphatic carbocycles. The molecule has 0 saturated heterocycles. The lowest BCUT2D eigenvalue weighted by Crippen LogP contribution is -2.28. The summed E-state index contributed by atoms with van der Waals surface area (Å²) >= 11 is 0. The summed E-state index contributed by atoms with van der Waals surface area (Å²) in [5.41, 5.74) is 3.32. The first-order valence-corrected chi connectivity index (χ1v) is 17.6. The molecule has 0 saturated carbocycles. The summed E-state index contributed by atoms with van der Waals surface area (Å²) in [4.78, 5) is 0. The van der Waals surface area contributed by atoms with Crippen molar-refractivity contribution in [3.05, 3.63) is 181 Å². The lowest BCUT2D eigenvalue weighted by molar-refractivity contribution is 1.17. The third-order valence-corrected chi connectivity index (χ3v) is 13.6. The second kappa shape index (κ2) is 12.7. The third-order valence-electron chi connectivity index (χ3n) is 7.35. The zero-order chi connectivity index (χ0) is 27.1. The summed E-state index contributed by atoms with van der Waals surface area (Å²) in [6.45, 7) is 0. The number of hydrogen-bond donors (Lipinski definition) is 0. The first-order valence-electron chi connectivity index (χ1n) is 13.8. The summed E-state index contributed by atoms with van der Waals surface area (Å²) < 4.78 is 0. The van der Waals surface area contributed by atoms with Crippen LogP contribution in [0.3, 0.4) is 0 Å². The van der Waals surface area contributed by atoms with Crippen molar-refractivity contribution >= 4 is 57.9 Å². The molecule has 0 amide bonds.